The second-order valence-corrected chi connectivity index (χ2v) is 12.4. The van der Waals surface area contributed by atoms with E-state index in [4.69, 9.17) is 5.73 Å². The number of aryl methyl sites for hydroxylation is 1. The third-order valence-corrected chi connectivity index (χ3v) is 9.21. The number of primary amides is 1. The molecule has 11 nitrogen and oxygen atoms in total. The number of nitrogens with two attached hydrogens (primary N) is 1. The molecule has 16 heteroatoms. The summed E-state index contributed by atoms with van der Waals surface area (Å²) in [5.41, 5.74) is 4.04. The number of pyridine rings is 2. The SMILES string of the molecule is Cc1nc(NC(=O)N2C[C@H](NS(=O)(=O)c3ccncc3)C[C@H]2C(N)=O)sc1-c1ccnc(C(C)(C)C(F)(F)F)c1. The third-order valence-electron chi connectivity index (χ3n) is 6.55. The van der Waals surface area contributed by atoms with Crippen LogP contribution in [0.5, 0.6) is 0 Å². The number of thiazole rings is 1. The van der Waals surface area contributed by atoms with Gasteiger partial charge in [-0.2, -0.15) is 13.2 Å². The number of likely N-dealkylation sites (tertiary alicyclic amines) is 1. The van der Waals surface area contributed by atoms with Crippen molar-refractivity contribution in [1.29, 1.82) is 0 Å². The van der Waals surface area contributed by atoms with Crippen molar-refractivity contribution in [2.75, 3.05) is 11.9 Å². The molecule has 1 aliphatic rings. The number of sulfonamides is 1. The minimum absolute atomic E-state index is 0.0234. The summed E-state index contributed by atoms with van der Waals surface area (Å²) < 4.78 is 68.5. The number of urea groups is 1. The largest absolute Gasteiger partial charge is 0.399 e. The highest BCUT2D eigenvalue weighted by atomic mass is 32.2. The number of nitrogens with one attached hydrogen (secondary N) is 2. The van der Waals surface area contributed by atoms with Crippen molar-refractivity contribution in [3.63, 3.8) is 0 Å². The second-order valence-electron chi connectivity index (χ2n) is 9.72. The molecule has 1 saturated heterocycles. The first-order valence-corrected chi connectivity index (χ1v) is 14.2. The van der Waals surface area contributed by atoms with Crippen molar-refractivity contribution in [3.05, 3.63) is 54.2 Å². The van der Waals surface area contributed by atoms with Gasteiger partial charge in [0.1, 0.15) is 11.5 Å². The van der Waals surface area contributed by atoms with Gasteiger partial charge in [0.25, 0.3) is 0 Å². The number of anilines is 1. The third kappa shape index (κ3) is 5.93. The number of amides is 3. The number of carbonyl (C=O) groups excluding carboxylic acids is 2. The lowest BCUT2D eigenvalue weighted by molar-refractivity contribution is -0.181. The Balaban J connectivity index is 1.52. The fourth-order valence-corrected chi connectivity index (χ4v) is 6.34. The van der Waals surface area contributed by atoms with Gasteiger partial charge in [-0.1, -0.05) is 11.3 Å². The summed E-state index contributed by atoms with van der Waals surface area (Å²) in [5.74, 6) is -0.812. The van der Waals surface area contributed by atoms with Gasteiger partial charge < -0.3 is 10.6 Å². The van der Waals surface area contributed by atoms with Crippen LogP contribution in [0.1, 0.15) is 31.7 Å². The number of nitrogens with zero attached hydrogens (tertiary/aromatic N) is 4. The van der Waals surface area contributed by atoms with Crippen LogP contribution in [-0.2, 0) is 20.2 Å². The molecule has 0 aliphatic carbocycles. The number of hydrogen-bond acceptors (Lipinski definition) is 8. The predicted octanol–water partition coefficient (Wildman–Crippen LogP) is 3.19. The Morgan fingerprint density at radius 3 is 2.45 bits per heavy atom. The number of alkyl halides is 3. The number of rotatable bonds is 7. The van der Waals surface area contributed by atoms with Crippen molar-refractivity contribution < 1.29 is 31.2 Å². The summed E-state index contributed by atoms with van der Waals surface area (Å²) in [4.78, 5) is 38.8. The van der Waals surface area contributed by atoms with Gasteiger partial charge in [0.15, 0.2) is 5.13 Å². The first-order valence-electron chi connectivity index (χ1n) is 11.9. The molecule has 4 heterocycles. The fourth-order valence-electron chi connectivity index (χ4n) is 4.16. The lowest BCUT2D eigenvalue weighted by Crippen LogP contribution is -2.46. The van der Waals surface area contributed by atoms with Crippen LogP contribution in [0.3, 0.4) is 0 Å². The lowest BCUT2D eigenvalue weighted by Gasteiger charge is -2.27. The molecule has 0 saturated carbocycles. The smallest absolute Gasteiger partial charge is 0.368 e. The Hall–Kier alpha value is -3.63. The van der Waals surface area contributed by atoms with Crippen molar-refractivity contribution in [1.82, 2.24) is 24.6 Å². The van der Waals surface area contributed by atoms with Gasteiger partial charge in [0.2, 0.25) is 15.9 Å². The molecular formula is C24H26F3N7O4S2. The molecule has 0 radical (unpaired) electrons. The summed E-state index contributed by atoms with van der Waals surface area (Å²) in [5, 5.41) is 2.72. The first kappa shape index (κ1) is 29.4. The van der Waals surface area contributed by atoms with Gasteiger partial charge in [0.05, 0.1) is 21.2 Å². The molecule has 1 aliphatic heterocycles. The Morgan fingerprint density at radius 2 is 1.82 bits per heavy atom. The standard InChI is InChI=1S/C24H26F3N7O4S2/c1-13-19(14-4-9-30-18(10-14)23(2,3)24(25,26)27)39-21(31-13)32-22(36)34-12-15(11-17(34)20(28)35)33-40(37,38)16-5-7-29-8-6-16/h4-10,15,17,33H,11-12H2,1-3H3,(H2,28,35)(H,31,32,36)/t15-,17+/m1/s1. The van der Waals surface area contributed by atoms with E-state index in [2.05, 4.69) is 25.0 Å². The summed E-state index contributed by atoms with van der Waals surface area (Å²) in [6.45, 7) is 3.59. The zero-order valence-corrected chi connectivity index (χ0v) is 23.2. The average molecular weight is 598 g/mol. The van der Waals surface area contributed by atoms with Gasteiger partial charge in [-0.25, -0.2) is 22.9 Å². The Kier molecular flexibility index (Phi) is 7.88. The van der Waals surface area contributed by atoms with Crippen molar-refractivity contribution in [3.8, 4) is 10.4 Å². The summed E-state index contributed by atoms with van der Waals surface area (Å²) in [6.07, 6.45) is -0.626. The van der Waals surface area contributed by atoms with Crippen molar-refractivity contribution >= 4 is 38.4 Å². The first-order chi connectivity index (χ1) is 18.6. The summed E-state index contributed by atoms with van der Waals surface area (Å²) in [7, 11) is -3.94. The maximum absolute atomic E-state index is 13.5. The highest BCUT2D eigenvalue weighted by molar-refractivity contribution is 7.89. The van der Waals surface area contributed by atoms with Crippen molar-refractivity contribution in [2.24, 2.45) is 5.73 Å². The van der Waals surface area contributed by atoms with Crippen molar-refractivity contribution in [2.45, 2.75) is 55.8 Å². The van der Waals surface area contributed by atoms with Crippen LogP contribution in [0.25, 0.3) is 10.4 Å². The second kappa shape index (κ2) is 10.7. The Morgan fingerprint density at radius 1 is 1.15 bits per heavy atom. The zero-order valence-electron chi connectivity index (χ0n) is 21.6. The van der Waals surface area contributed by atoms with Crippen LogP contribution in [-0.4, -0.2) is 65.0 Å². The number of carbonyl (C=O) groups is 2. The molecule has 4 rings (SSSR count). The molecule has 0 spiro atoms. The van der Waals surface area contributed by atoms with Gasteiger partial charge in [0, 0.05) is 31.2 Å². The van der Waals surface area contributed by atoms with E-state index in [1.807, 2.05) is 0 Å². The Bertz CT molecular complexity index is 1530. The highest BCUT2D eigenvalue weighted by Crippen LogP contribution is 2.41. The quantitative estimate of drug-likeness (QED) is 0.377. The summed E-state index contributed by atoms with van der Waals surface area (Å²) >= 11 is 1.03. The maximum atomic E-state index is 13.5. The molecule has 0 bridgehead atoms. The summed E-state index contributed by atoms with van der Waals surface area (Å²) in [6, 6.07) is 2.90. The van der Waals surface area contributed by atoms with Gasteiger partial charge in [-0.15, -0.1) is 0 Å². The van der Waals surface area contributed by atoms with E-state index < -0.39 is 45.6 Å². The number of aromatic nitrogens is 3. The normalized spacial score (nSPS) is 18.1. The predicted molar refractivity (Wildman–Crippen MR) is 141 cm³/mol. The van der Waals surface area contributed by atoms with Gasteiger partial charge in [-0.3, -0.25) is 20.1 Å². The molecule has 2 atom stereocenters. The molecular weight excluding hydrogens is 571 g/mol. The molecule has 0 aromatic carbocycles. The molecule has 4 N–H and O–H groups in total. The van der Waals surface area contributed by atoms with E-state index in [0.717, 1.165) is 30.1 Å². The lowest BCUT2D eigenvalue weighted by atomic mass is 9.87. The molecule has 0 unspecified atom stereocenters. The fraction of sp³-hybridized carbons (Fsp3) is 0.375. The van der Waals surface area contributed by atoms with Crippen LogP contribution in [0.4, 0.5) is 23.1 Å². The van der Waals surface area contributed by atoms with E-state index in [9.17, 15) is 31.2 Å². The van der Waals surface area contributed by atoms with Gasteiger partial charge in [-0.05, 0) is 57.0 Å². The molecule has 3 amide bonds. The van der Waals surface area contributed by atoms with E-state index in [-0.39, 0.29) is 28.7 Å². The number of hydrogen-bond donors (Lipinski definition) is 3. The van der Waals surface area contributed by atoms with E-state index in [1.54, 1.807) is 13.0 Å². The molecule has 214 valence electrons. The minimum Gasteiger partial charge on any atom is -0.368 e. The van der Waals surface area contributed by atoms with Crippen LogP contribution in [0, 0.1) is 6.92 Å². The highest BCUT2D eigenvalue weighted by Gasteiger charge is 2.49. The molecule has 3 aromatic rings. The molecule has 1 fully saturated rings. The molecule has 3 aromatic heterocycles. The molecule has 40 heavy (non-hydrogen) atoms. The van der Waals surface area contributed by atoms with E-state index in [0.29, 0.717) is 16.1 Å². The van der Waals surface area contributed by atoms with Crippen LogP contribution < -0.4 is 15.8 Å². The van der Waals surface area contributed by atoms with Crippen LogP contribution in [0.2, 0.25) is 0 Å². The minimum atomic E-state index is -4.52. The van der Waals surface area contributed by atoms with Gasteiger partial charge >= 0.3 is 12.2 Å². The topological polar surface area (TPSA) is 160 Å². The van der Waals surface area contributed by atoms with Crippen LogP contribution in [0.15, 0.2) is 47.8 Å². The van der Waals surface area contributed by atoms with E-state index in [1.165, 1.54) is 36.8 Å². The number of halogens is 3. The van der Waals surface area contributed by atoms with E-state index >= 15 is 0 Å². The monoisotopic (exact) mass is 597 g/mol. The maximum Gasteiger partial charge on any atom is 0.399 e. The van der Waals surface area contributed by atoms with Crippen LogP contribution >= 0.6 is 11.3 Å². The zero-order chi connectivity index (χ0) is 29.5. The Labute approximate surface area is 232 Å². The average Bonchev–Trinajstić information content (AvgIpc) is 3.47.